The van der Waals surface area contributed by atoms with Crippen LogP contribution in [-0.2, 0) is 20.6 Å². The van der Waals surface area contributed by atoms with E-state index in [0.717, 1.165) is 16.9 Å². The van der Waals surface area contributed by atoms with Crippen LogP contribution in [0, 0.1) is 0 Å². The van der Waals surface area contributed by atoms with E-state index in [9.17, 15) is 20.1 Å². The number of carbonyl (C=O) groups is 1. The molecule has 1 fully saturated rings. The third-order valence-electron chi connectivity index (χ3n) is 5.07. The number of para-hydroxylation sites is 1. The molecule has 3 rings (SSSR count). The van der Waals surface area contributed by atoms with Crippen molar-refractivity contribution in [3.05, 3.63) is 59.7 Å². The van der Waals surface area contributed by atoms with Gasteiger partial charge in [0.25, 0.3) is 0 Å². The van der Waals surface area contributed by atoms with Crippen molar-refractivity contribution < 1.29 is 43.8 Å². The molecule has 32 heavy (non-hydrogen) atoms. The normalized spacial score (nSPS) is 25.1. The van der Waals surface area contributed by atoms with Gasteiger partial charge in [0.05, 0.1) is 13.7 Å². The summed E-state index contributed by atoms with van der Waals surface area (Å²) in [7, 11) is 1.60. The molecule has 0 saturated carbocycles. The van der Waals surface area contributed by atoms with Crippen molar-refractivity contribution in [3.8, 4) is 11.5 Å². The maximum Gasteiger partial charge on any atom is 0.508 e. The van der Waals surface area contributed by atoms with Crippen LogP contribution in [0.4, 0.5) is 4.79 Å². The Morgan fingerprint density at radius 2 is 1.69 bits per heavy atom. The van der Waals surface area contributed by atoms with Crippen LogP contribution in [0.1, 0.15) is 18.1 Å². The van der Waals surface area contributed by atoms with E-state index in [1.165, 1.54) is 0 Å². The molecule has 0 bridgehead atoms. The zero-order chi connectivity index (χ0) is 23.1. The van der Waals surface area contributed by atoms with E-state index < -0.39 is 36.9 Å². The summed E-state index contributed by atoms with van der Waals surface area (Å²) in [5, 5.41) is 30.8. The smallest absolute Gasteiger partial charge is 0.497 e. The van der Waals surface area contributed by atoms with Gasteiger partial charge in [-0.05, 0) is 36.2 Å². The van der Waals surface area contributed by atoms with Crippen molar-refractivity contribution in [3.63, 3.8) is 0 Å². The molecule has 0 aliphatic carbocycles. The van der Waals surface area contributed by atoms with Crippen molar-refractivity contribution in [2.45, 2.75) is 44.1 Å². The first-order valence-electron chi connectivity index (χ1n) is 10.3. The first-order chi connectivity index (χ1) is 15.4. The fourth-order valence-corrected chi connectivity index (χ4v) is 3.31. The highest BCUT2D eigenvalue weighted by atomic mass is 16.7. The summed E-state index contributed by atoms with van der Waals surface area (Å²) in [5.74, 6) is 1.20. The Morgan fingerprint density at radius 3 is 2.38 bits per heavy atom. The molecule has 9 heteroatoms. The first kappa shape index (κ1) is 23.8. The van der Waals surface area contributed by atoms with Gasteiger partial charge in [-0.25, -0.2) is 4.79 Å². The molecular formula is C23H28O9. The zero-order valence-corrected chi connectivity index (χ0v) is 17.9. The average molecular weight is 448 g/mol. The molecule has 1 aliphatic heterocycles. The van der Waals surface area contributed by atoms with E-state index in [0.29, 0.717) is 12.2 Å². The minimum atomic E-state index is -1.56. The third-order valence-corrected chi connectivity index (χ3v) is 5.07. The Hall–Kier alpha value is -2.85. The second-order valence-electron chi connectivity index (χ2n) is 7.26. The minimum Gasteiger partial charge on any atom is -0.497 e. The maximum atomic E-state index is 11.4. The number of ether oxygens (including phenoxy) is 5. The summed E-state index contributed by atoms with van der Waals surface area (Å²) < 4.78 is 26.2. The van der Waals surface area contributed by atoms with E-state index in [-0.39, 0.29) is 13.2 Å². The molecular weight excluding hydrogens is 420 g/mol. The fraction of sp³-hybridized carbons (Fsp3) is 0.435. The summed E-state index contributed by atoms with van der Waals surface area (Å²) in [6.07, 6.45) is -7.34. The van der Waals surface area contributed by atoms with Crippen molar-refractivity contribution in [1.29, 1.82) is 0 Å². The van der Waals surface area contributed by atoms with E-state index in [2.05, 4.69) is 4.74 Å². The Morgan fingerprint density at radius 1 is 0.969 bits per heavy atom. The Balaban J connectivity index is 1.71. The number of carbonyl (C=O) groups excluding carboxylic acids is 1. The number of methoxy groups -OCH3 is 1. The summed E-state index contributed by atoms with van der Waals surface area (Å²) >= 11 is 0. The van der Waals surface area contributed by atoms with Crippen LogP contribution in [0.3, 0.4) is 0 Å². The molecule has 174 valence electrons. The molecule has 2 aromatic rings. The number of aliphatic hydroxyl groups is 3. The lowest BCUT2D eigenvalue weighted by Gasteiger charge is -2.40. The Kier molecular flexibility index (Phi) is 8.29. The molecule has 0 amide bonds. The SMILES string of the molecule is CCOC(=O)OC[C@H]1O[C@@H](Oc2ccccc2Cc2ccc(OC)cc2)C(O)[C@@H](O)[C@@H]1O. The lowest BCUT2D eigenvalue weighted by atomic mass is 9.99. The second kappa shape index (κ2) is 11.1. The van der Waals surface area contributed by atoms with Gasteiger partial charge in [-0.2, -0.15) is 0 Å². The van der Waals surface area contributed by atoms with Crippen LogP contribution < -0.4 is 9.47 Å². The molecule has 9 nitrogen and oxygen atoms in total. The summed E-state index contributed by atoms with van der Waals surface area (Å²) in [6, 6.07) is 14.8. The van der Waals surface area contributed by atoms with Crippen molar-refractivity contribution >= 4 is 6.16 Å². The average Bonchev–Trinajstić information content (AvgIpc) is 2.80. The van der Waals surface area contributed by atoms with Crippen LogP contribution in [0.15, 0.2) is 48.5 Å². The van der Waals surface area contributed by atoms with E-state index in [1.807, 2.05) is 36.4 Å². The van der Waals surface area contributed by atoms with Gasteiger partial charge >= 0.3 is 6.16 Å². The van der Waals surface area contributed by atoms with Crippen molar-refractivity contribution in [2.75, 3.05) is 20.3 Å². The Labute approximate surface area is 186 Å². The highest BCUT2D eigenvalue weighted by Gasteiger charge is 2.45. The number of hydrogen-bond acceptors (Lipinski definition) is 9. The van der Waals surface area contributed by atoms with E-state index >= 15 is 0 Å². The highest BCUT2D eigenvalue weighted by Crippen LogP contribution is 2.28. The monoisotopic (exact) mass is 448 g/mol. The van der Waals surface area contributed by atoms with Crippen LogP contribution in [0.5, 0.6) is 11.5 Å². The molecule has 5 atom stereocenters. The van der Waals surface area contributed by atoms with Gasteiger partial charge in [0.2, 0.25) is 6.29 Å². The van der Waals surface area contributed by atoms with Gasteiger partial charge in [-0.1, -0.05) is 30.3 Å². The second-order valence-corrected chi connectivity index (χ2v) is 7.26. The lowest BCUT2D eigenvalue weighted by Crippen LogP contribution is -2.60. The number of aliphatic hydroxyl groups excluding tert-OH is 3. The molecule has 0 spiro atoms. The quantitative estimate of drug-likeness (QED) is 0.517. The van der Waals surface area contributed by atoms with E-state index in [1.54, 1.807) is 26.2 Å². The van der Waals surface area contributed by atoms with Crippen molar-refractivity contribution in [1.82, 2.24) is 0 Å². The van der Waals surface area contributed by atoms with Crippen LogP contribution in [-0.4, -0.2) is 72.5 Å². The first-order valence-corrected chi connectivity index (χ1v) is 10.3. The van der Waals surface area contributed by atoms with Gasteiger partial charge in [0.1, 0.15) is 42.5 Å². The molecule has 1 aliphatic rings. The predicted molar refractivity (Wildman–Crippen MR) is 113 cm³/mol. The third kappa shape index (κ3) is 5.89. The zero-order valence-electron chi connectivity index (χ0n) is 17.9. The van der Waals surface area contributed by atoms with Gasteiger partial charge in [-0.3, -0.25) is 0 Å². The van der Waals surface area contributed by atoms with Gasteiger partial charge in [-0.15, -0.1) is 0 Å². The van der Waals surface area contributed by atoms with Crippen molar-refractivity contribution in [2.24, 2.45) is 0 Å². The molecule has 3 N–H and O–H groups in total. The summed E-state index contributed by atoms with van der Waals surface area (Å²) in [4.78, 5) is 11.4. The topological polar surface area (TPSA) is 124 Å². The molecule has 1 heterocycles. The molecule has 1 unspecified atom stereocenters. The minimum absolute atomic E-state index is 0.130. The molecule has 2 aromatic carbocycles. The van der Waals surface area contributed by atoms with Crippen LogP contribution >= 0.6 is 0 Å². The number of benzene rings is 2. The maximum absolute atomic E-state index is 11.4. The van der Waals surface area contributed by atoms with Gasteiger partial charge in [0, 0.05) is 6.42 Å². The van der Waals surface area contributed by atoms with Gasteiger partial charge < -0.3 is 39.0 Å². The fourth-order valence-electron chi connectivity index (χ4n) is 3.31. The standard InChI is InChI=1S/C23H28O9/c1-3-29-23(27)30-13-18-19(24)20(25)21(26)22(32-18)31-17-7-5-4-6-15(17)12-14-8-10-16(28-2)11-9-14/h4-11,18-22,24-26H,3,12-13H2,1-2H3/t18-,19-,20+,21?,22-/m1/s1. The summed E-state index contributed by atoms with van der Waals surface area (Å²) in [5.41, 5.74) is 1.84. The largest absolute Gasteiger partial charge is 0.508 e. The summed E-state index contributed by atoms with van der Waals surface area (Å²) in [6.45, 7) is 1.38. The van der Waals surface area contributed by atoms with E-state index in [4.69, 9.17) is 18.9 Å². The predicted octanol–water partition coefficient (Wildman–Crippen LogP) is 1.65. The lowest BCUT2D eigenvalue weighted by molar-refractivity contribution is -0.278. The molecule has 1 saturated heterocycles. The highest BCUT2D eigenvalue weighted by molar-refractivity contribution is 5.59. The van der Waals surface area contributed by atoms with Crippen LogP contribution in [0.2, 0.25) is 0 Å². The Bertz CT molecular complexity index is 870. The van der Waals surface area contributed by atoms with Crippen LogP contribution in [0.25, 0.3) is 0 Å². The molecule has 0 aromatic heterocycles. The number of hydrogen-bond donors (Lipinski definition) is 3. The molecule has 0 radical (unpaired) electrons. The van der Waals surface area contributed by atoms with Gasteiger partial charge in [0.15, 0.2) is 0 Å². The number of rotatable bonds is 8.